The highest BCUT2D eigenvalue weighted by Gasteiger charge is 2.28. The first kappa shape index (κ1) is 10.1. The van der Waals surface area contributed by atoms with Crippen LogP contribution < -0.4 is 9.47 Å². The zero-order chi connectivity index (χ0) is 11.8. The third kappa shape index (κ3) is 1.63. The molecule has 3 rings (SSSR count). The molecule has 1 saturated heterocycles. The van der Waals surface area contributed by atoms with Crippen LogP contribution in [-0.2, 0) is 4.79 Å². The summed E-state index contributed by atoms with van der Waals surface area (Å²) in [5, 5.41) is 0. The molecule has 2 heterocycles. The summed E-state index contributed by atoms with van der Waals surface area (Å²) in [5.41, 5.74) is 0.463. The van der Waals surface area contributed by atoms with E-state index in [1.54, 1.807) is 18.2 Å². The molecule has 2 aliphatic rings. The lowest BCUT2D eigenvalue weighted by Crippen LogP contribution is -2.31. The molecule has 0 saturated carbocycles. The maximum Gasteiger partial charge on any atom is 0.260 e. The van der Waals surface area contributed by atoms with Gasteiger partial charge in [-0.25, -0.2) is 0 Å². The lowest BCUT2D eigenvalue weighted by atomic mass is 10.2. The molecule has 0 bridgehead atoms. The van der Waals surface area contributed by atoms with Gasteiger partial charge in [-0.2, -0.15) is 0 Å². The summed E-state index contributed by atoms with van der Waals surface area (Å²) < 4.78 is 10.4. The van der Waals surface area contributed by atoms with Gasteiger partial charge in [-0.15, -0.1) is 0 Å². The number of amides is 2. The Bertz CT molecular complexity index is 497. The largest absolute Gasteiger partial charge is 0.454 e. The lowest BCUT2D eigenvalue weighted by molar-refractivity contribution is -0.125. The van der Waals surface area contributed by atoms with Crippen LogP contribution in [0.4, 0.5) is 0 Å². The van der Waals surface area contributed by atoms with Crippen LogP contribution in [0.15, 0.2) is 18.2 Å². The maximum absolute atomic E-state index is 12.1. The minimum Gasteiger partial charge on any atom is -0.454 e. The number of likely N-dealkylation sites (tertiary alicyclic amines) is 1. The van der Waals surface area contributed by atoms with Crippen molar-refractivity contribution in [3.05, 3.63) is 23.8 Å². The maximum atomic E-state index is 12.1. The van der Waals surface area contributed by atoms with Crippen molar-refractivity contribution in [2.75, 3.05) is 13.3 Å². The first-order valence-electron chi connectivity index (χ1n) is 5.50. The summed E-state index contributed by atoms with van der Waals surface area (Å²) in [7, 11) is 0. The molecule has 2 aliphatic heterocycles. The second kappa shape index (κ2) is 3.76. The van der Waals surface area contributed by atoms with Gasteiger partial charge < -0.3 is 9.47 Å². The Labute approximate surface area is 97.9 Å². The minimum atomic E-state index is -0.259. The highest BCUT2D eigenvalue weighted by atomic mass is 16.7. The average molecular weight is 233 g/mol. The number of hydrogen-bond donors (Lipinski definition) is 0. The van der Waals surface area contributed by atoms with Gasteiger partial charge in [0, 0.05) is 18.5 Å². The molecule has 0 unspecified atom stereocenters. The quantitative estimate of drug-likeness (QED) is 0.683. The SMILES string of the molecule is O=C1CCCN1C(=O)c1ccc2c(c1)OCO2. The Balaban J connectivity index is 1.89. The zero-order valence-electron chi connectivity index (χ0n) is 9.14. The smallest absolute Gasteiger partial charge is 0.260 e. The summed E-state index contributed by atoms with van der Waals surface area (Å²) in [6.45, 7) is 0.682. The zero-order valence-corrected chi connectivity index (χ0v) is 9.14. The molecule has 5 nitrogen and oxygen atoms in total. The van der Waals surface area contributed by atoms with Crippen molar-refractivity contribution in [2.24, 2.45) is 0 Å². The van der Waals surface area contributed by atoms with Crippen molar-refractivity contribution < 1.29 is 19.1 Å². The number of carbonyl (C=O) groups excluding carboxylic acids is 2. The molecule has 0 atom stereocenters. The van der Waals surface area contributed by atoms with Gasteiger partial charge in [0.1, 0.15) is 0 Å². The third-order valence-corrected chi connectivity index (χ3v) is 2.94. The minimum absolute atomic E-state index is 0.104. The number of hydrogen-bond acceptors (Lipinski definition) is 4. The average Bonchev–Trinajstić information content (AvgIpc) is 2.95. The third-order valence-electron chi connectivity index (χ3n) is 2.94. The highest BCUT2D eigenvalue weighted by Crippen LogP contribution is 2.33. The number of imide groups is 1. The van der Waals surface area contributed by atoms with E-state index in [2.05, 4.69) is 0 Å². The molecule has 88 valence electrons. The summed E-state index contributed by atoms with van der Waals surface area (Å²) >= 11 is 0. The van der Waals surface area contributed by atoms with Gasteiger partial charge in [-0.05, 0) is 24.6 Å². The summed E-state index contributed by atoms with van der Waals surface area (Å²) in [5.74, 6) is 0.829. The molecule has 0 N–H and O–H groups in total. The monoisotopic (exact) mass is 233 g/mol. The number of ether oxygens (including phenoxy) is 2. The van der Waals surface area contributed by atoms with Gasteiger partial charge in [0.2, 0.25) is 12.7 Å². The van der Waals surface area contributed by atoms with Crippen LogP contribution in [0, 0.1) is 0 Å². The van der Waals surface area contributed by atoms with Gasteiger partial charge in [0.15, 0.2) is 11.5 Å². The molecule has 0 spiro atoms. The Morgan fingerprint density at radius 3 is 2.82 bits per heavy atom. The Kier molecular flexibility index (Phi) is 2.24. The second-order valence-electron chi connectivity index (χ2n) is 4.02. The highest BCUT2D eigenvalue weighted by molar-refractivity contribution is 6.05. The number of carbonyl (C=O) groups is 2. The molecule has 1 fully saturated rings. The predicted octanol–water partition coefficient (Wildman–Crippen LogP) is 1.18. The number of fused-ring (bicyclic) bond motifs is 1. The summed E-state index contributed by atoms with van der Waals surface area (Å²) in [6.07, 6.45) is 1.20. The lowest BCUT2D eigenvalue weighted by Gasteiger charge is -2.13. The second-order valence-corrected chi connectivity index (χ2v) is 4.02. The molecule has 17 heavy (non-hydrogen) atoms. The van der Waals surface area contributed by atoms with Crippen molar-refractivity contribution in [1.82, 2.24) is 4.90 Å². The predicted molar refractivity (Wildman–Crippen MR) is 57.8 cm³/mol. The first-order valence-corrected chi connectivity index (χ1v) is 5.50. The molecule has 1 aromatic carbocycles. The van der Waals surface area contributed by atoms with E-state index >= 15 is 0 Å². The van der Waals surface area contributed by atoms with Crippen LogP contribution in [0.2, 0.25) is 0 Å². The number of nitrogens with zero attached hydrogens (tertiary/aromatic N) is 1. The van der Waals surface area contributed by atoms with Crippen LogP contribution in [0.1, 0.15) is 23.2 Å². The van der Waals surface area contributed by atoms with Crippen LogP contribution in [0.25, 0.3) is 0 Å². The Morgan fingerprint density at radius 1 is 1.24 bits per heavy atom. The molecule has 5 heteroatoms. The van der Waals surface area contributed by atoms with E-state index in [1.165, 1.54) is 4.90 Å². The summed E-state index contributed by atoms with van der Waals surface area (Å²) in [6, 6.07) is 4.97. The van der Waals surface area contributed by atoms with Crippen LogP contribution in [0.3, 0.4) is 0 Å². The van der Waals surface area contributed by atoms with Gasteiger partial charge >= 0.3 is 0 Å². The van der Waals surface area contributed by atoms with Gasteiger partial charge in [-0.3, -0.25) is 14.5 Å². The standard InChI is InChI=1S/C12H11NO4/c14-11-2-1-5-13(11)12(15)8-3-4-9-10(6-8)17-7-16-9/h3-4,6H,1-2,5,7H2. The molecule has 0 aliphatic carbocycles. The van der Waals surface area contributed by atoms with Gasteiger partial charge in [-0.1, -0.05) is 0 Å². The van der Waals surface area contributed by atoms with Crippen molar-refractivity contribution in [2.45, 2.75) is 12.8 Å². The van der Waals surface area contributed by atoms with Crippen molar-refractivity contribution in [3.8, 4) is 11.5 Å². The van der Waals surface area contributed by atoms with E-state index < -0.39 is 0 Å². The molecule has 1 aromatic rings. The van der Waals surface area contributed by atoms with Crippen LogP contribution in [0.5, 0.6) is 11.5 Å². The molecular weight excluding hydrogens is 222 g/mol. The molecule has 0 radical (unpaired) electrons. The van der Waals surface area contributed by atoms with E-state index in [9.17, 15) is 9.59 Å². The Morgan fingerprint density at radius 2 is 2.06 bits per heavy atom. The molecular formula is C12H11NO4. The fourth-order valence-electron chi connectivity index (χ4n) is 2.05. The van der Waals surface area contributed by atoms with Gasteiger partial charge in [0.05, 0.1) is 0 Å². The molecule has 2 amide bonds. The van der Waals surface area contributed by atoms with E-state index in [1.807, 2.05) is 0 Å². The van der Waals surface area contributed by atoms with Crippen LogP contribution in [-0.4, -0.2) is 30.1 Å². The fraction of sp³-hybridized carbons (Fsp3) is 0.333. The molecule has 0 aromatic heterocycles. The van der Waals surface area contributed by atoms with E-state index in [-0.39, 0.29) is 18.6 Å². The van der Waals surface area contributed by atoms with E-state index in [0.29, 0.717) is 30.0 Å². The topological polar surface area (TPSA) is 55.8 Å². The normalized spacial score (nSPS) is 17.6. The van der Waals surface area contributed by atoms with Gasteiger partial charge in [0.25, 0.3) is 5.91 Å². The van der Waals surface area contributed by atoms with E-state index in [0.717, 1.165) is 6.42 Å². The fourth-order valence-corrected chi connectivity index (χ4v) is 2.05. The number of rotatable bonds is 1. The van der Waals surface area contributed by atoms with Crippen molar-refractivity contribution >= 4 is 11.8 Å². The summed E-state index contributed by atoms with van der Waals surface area (Å²) in [4.78, 5) is 24.8. The van der Waals surface area contributed by atoms with Crippen LogP contribution >= 0.6 is 0 Å². The van der Waals surface area contributed by atoms with Crippen molar-refractivity contribution in [3.63, 3.8) is 0 Å². The van der Waals surface area contributed by atoms with E-state index in [4.69, 9.17) is 9.47 Å². The number of benzene rings is 1. The first-order chi connectivity index (χ1) is 8.25. The Hall–Kier alpha value is -2.04. The van der Waals surface area contributed by atoms with Crippen molar-refractivity contribution in [1.29, 1.82) is 0 Å².